The molecule has 2 aliphatic rings. The highest BCUT2D eigenvalue weighted by Crippen LogP contribution is 2.72. The van der Waals surface area contributed by atoms with Gasteiger partial charge in [-0.3, -0.25) is 0 Å². The summed E-state index contributed by atoms with van der Waals surface area (Å²) in [7, 11) is 0. The molecule has 0 nitrogen and oxygen atoms in total. The maximum atomic E-state index is 2.65. The van der Waals surface area contributed by atoms with Crippen molar-refractivity contribution < 1.29 is 0 Å². The van der Waals surface area contributed by atoms with Crippen molar-refractivity contribution in [2.45, 2.75) is 73.6 Å². The molecule has 0 radical (unpaired) electrons. The Labute approximate surface area is 249 Å². The summed E-state index contributed by atoms with van der Waals surface area (Å²) in [6.45, 7) is 14.9. The van der Waals surface area contributed by atoms with Crippen LogP contribution in [0.5, 0.6) is 0 Å². The summed E-state index contributed by atoms with van der Waals surface area (Å²) in [4.78, 5) is 0. The predicted octanol–water partition coefficient (Wildman–Crippen LogP) is 11.5. The topological polar surface area (TPSA) is 0 Å². The number of hydrogen-bond acceptors (Lipinski definition) is 0. The quantitative estimate of drug-likeness (QED) is 0.253. The third kappa shape index (κ3) is 4.61. The highest BCUT2D eigenvalue weighted by molar-refractivity contribution is 5.96. The van der Waals surface area contributed by atoms with Crippen molar-refractivity contribution in [3.05, 3.63) is 143 Å². The van der Waals surface area contributed by atoms with Gasteiger partial charge in [0.2, 0.25) is 0 Å². The number of allylic oxidation sites excluding steroid dienone is 8. The second-order valence-electron chi connectivity index (χ2n) is 12.6. The number of benzene rings is 3. The average Bonchev–Trinajstić information content (AvgIpc) is 3.01. The fourth-order valence-corrected chi connectivity index (χ4v) is 8.59. The van der Waals surface area contributed by atoms with Gasteiger partial charge in [0.1, 0.15) is 0 Å². The van der Waals surface area contributed by atoms with Crippen LogP contribution in [0.15, 0.2) is 126 Å². The van der Waals surface area contributed by atoms with Crippen LogP contribution in [0.1, 0.15) is 83.9 Å². The third-order valence-corrected chi connectivity index (χ3v) is 10.9. The van der Waals surface area contributed by atoms with E-state index in [-0.39, 0.29) is 16.2 Å². The van der Waals surface area contributed by atoms with E-state index in [1.165, 1.54) is 22.3 Å². The van der Waals surface area contributed by atoms with Gasteiger partial charge in [0.15, 0.2) is 0 Å². The normalized spacial score (nSPS) is 27.9. The smallest absolute Gasteiger partial charge is 0.00992 e. The Bertz CT molecular complexity index is 1450. The van der Waals surface area contributed by atoms with Crippen molar-refractivity contribution in [2.75, 3.05) is 0 Å². The van der Waals surface area contributed by atoms with E-state index in [1.54, 1.807) is 16.7 Å². The zero-order chi connectivity index (χ0) is 29.1. The first kappa shape index (κ1) is 29.1. The van der Waals surface area contributed by atoms with E-state index in [2.05, 4.69) is 157 Å². The third-order valence-electron chi connectivity index (χ3n) is 10.9. The standard InChI is InChI=1S/C41H48/c1-7-21-35-37(33-25-15-11-16-26-33)36(8-2)40(6,39(5)29-20-19-22-31(39)4)41(9-3,30-32-23-13-10-14-24-32)38(35)34-27-17-12-18-28-34/h10-20,22-29,31H,7-9,21,30H2,1-6H3. The molecule has 0 amide bonds. The molecule has 4 unspecified atom stereocenters. The second kappa shape index (κ2) is 11.8. The molecular weight excluding hydrogens is 492 g/mol. The fraction of sp³-hybridized carbons (Fsp3) is 0.366. The van der Waals surface area contributed by atoms with E-state index >= 15 is 0 Å². The summed E-state index contributed by atoms with van der Waals surface area (Å²) in [5, 5.41) is 0. The van der Waals surface area contributed by atoms with Crippen LogP contribution in [0.25, 0.3) is 11.1 Å². The Morgan fingerprint density at radius 1 is 0.707 bits per heavy atom. The van der Waals surface area contributed by atoms with Gasteiger partial charge < -0.3 is 0 Å². The first-order chi connectivity index (χ1) is 19.9. The number of rotatable bonds is 9. The first-order valence-corrected chi connectivity index (χ1v) is 15.9. The van der Waals surface area contributed by atoms with Crippen molar-refractivity contribution in [1.82, 2.24) is 0 Å². The maximum absolute atomic E-state index is 2.65. The molecule has 0 N–H and O–H groups in total. The second-order valence-corrected chi connectivity index (χ2v) is 12.6. The van der Waals surface area contributed by atoms with Gasteiger partial charge in [-0.05, 0) is 65.0 Å². The zero-order valence-electron chi connectivity index (χ0n) is 26.1. The molecule has 3 aromatic rings. The Balaban J connectivity index is 2.00. The molecule has 0 aliphatic heterocycles. The lowest BCUT2D eigenvalue weighted by atomic mass is 9.39. The molecule has 0 spiro atoms. The summed E-state index contributed by atoms with van der Waals surface area (Å²) >= 11 is 0. The Morgan fingerprint density at radius 3 is 1.83 bits per heavy atom. The maximum Gasteiger partial charge on any atom is 0.00992 e. The monoisotopic (exact) mass is 540 g/mol. The molecule has 3 aromatic carbocycles. The summed E-state index contributed by atoms with van der Waals surface area (Å²) in [6, 6.07) is 34.0. The lowest BCUT2D eigenvalue weighted by molar-refractivity contribution is 0.00282. The van der Waals surface area contributed by atoms with E-state index in [1.807, 2.05) is 0 Å². The molecule has 41 heavy (non-hydrogen) atoms. The van der Waals surface area contributed by atoms with Crippen LogP contribution in [0.3, 0.4) is 0 Å². The molecule has 2 aliphatic carbocycles. The minimum Gasteiger partial charge on any atom is -0.0808 e. The molecule has 0 fully saturated rings. The largest absolute Gasteiger partial charge is 0.0808 e. The predicted molar refractivity (Wildman–Crippen MR) is 178 cm³/mol. The van der Waals surface area contributed by atoms with Crippen molar-refractivity contribution in [3.63, 3.8) is 0 Å². The van der Waals surface area contributed by atoms with Crippen molar-refractivity contribution in [1.29, 1.82) is 0 Å². The van der Waals surface area contributed by atoms with Crippen LogP contribution in [-0.4, -0.2) is 0 Å². The summed E-state index contributed by atoms with van der Waals surface area (Å²) in [6.07, 6.45) is 14.9. The van der Waals surface area contributed by atoms with Crippen LogP contribution in [-0.2, 0) is 6.42 Å². The molecule has 4 atom stereocenters. The lowest BCUT2D eigenvalue weighted by Gasteiger charge is -2.64. The van der Waals surface area contributed by atoms with Gasteiger partial charge >= 0.3 is 0 Å². The summed E-state index contributed by atoms with van der Waals surface area (Å²) in [5.74, 6) is 0.405. The Morgan fingerprint density at radius 2 is 1.29 bits per heavy atom. The van der Waals surface area contributed by atoms with Gasteiger partial charge in [-0.1, -0.05) is 169 Å². The van der Waals surface area contributed by atoms with Gasteiger partial charge in [0.25, 0.3) is 0 Å². The zero-order valence-corrected chi connectivity index (χ0v) is 26.1. The summed E-state index contributed by atoms with van der Waals surface area (Å²) in [5.41, 5.74) is 10.1. The molecule has 212 valence electrons. The van der Waals surface area contributed by atoms with Crippen LogP contribution in [0.4, 0.5) is 0 Å². The first-order valence-electron chi connectivity index (χ1n) is 15.9. The van der Waals surface area contributed by atoms with Crippen molar-refractivity contribution >= 4 is 11.1 Å². The molecule has 0 heteroatoms. The molecular formula is C41H48. The van der Waals surface area contributed by atoms with Gasteiger partial charge in [-0.15, -0.1) is 0 Å². The Hall–Kier alpha value is -3.38. The average molecular weight is 541 g/mol. The van der Waals surface area contributed by atoms with Crippen molar-refractivity contribution in [3.8, 4) is 0 Å². The molecule has 0 aromatic heterocycles. The van der Waals surface area contributed by atoms with E-state index < -0.39 is 0 Å². The number of hydrogen-bond donors (Lipinski definition) is 0. The van der Waals surface area contributed by atoms with E-state index in [4.69, 9.17) is 0 Å². The van der Waals surface area contributed by atoms with Crippen LogP contribution < -0.4 is 0 Å². The van der Waals surface area contributed by atoms with Gasteiger partial charge in [-0.25, -0.2) is 0 Å². The van der Waals surface area contributed by atoms with E-state index in [0.29, 0.717) is 5.92 Å². The molecule has 5 rings (SSSR count). The summed E-state index contributed by atoms with van der Waals surface area (Å²) < 4.78 is 0. The molecule has 0 saturated carbocycles. The van der Waals surface area contributed by atoms with Gasteiger partial charge in [0.05, 0.1) is 0 Å². The van der Waals surface area contributed by atoms with Crippen LogP contribution in [0.2, 0.25) is 0 Å². The van der Waals surface area contributed by atoms with Crippen LogP contribution in [0, 0.1) is 22.2 Å². The fourth-order valence-electron chi connectivity index (χ4n) is 8.59. The van der Waals surface area contributed by atoms with Gasteiger partial charge in [-0.2, -0.15) is 0 Å². The van der Waals surface area contributed by atoms with Crippen molar-refractivity contribution in [2.24, 2.45) is 22.2 Å². The molecule has 0 saturated heterocycles. The van der Waals surface area contributed by atoms with Gasteiger partial charge in [0, 0.05) is 16.2 Å². The highest BCUT2D eigenvalue weighted by atomic mass is 14.7. The molecule has 0 bridgehead atoms. The lowest BCUT2D eigenvalue weighted by Crippen LogP contribution is -2.57. The Kier molecular flexibility index (Phi) is 8.42. The van der Waals surface area contributed by atoms with E-state index in [9.17, 15) is 0 Å². The van der Waals surface area contributed by atoms with Crippen LogP contribution >= 0.6 is 0 Å². The highest BCUT2D eigenvalue weighted by Gasteiger charge is 2.63. The SMILES string of the molecule is CCCC1=C(c2ccccc2)C(CC)(Cc2ccccc2)C(C)(C2(C)C=CC=CC2C)C(CC)=C1c1ccccc1. The minimum absolute atomic E-state index is 0.0737. The minimum atomic E-state index is -0.145. The van der Waals surface area contributed by atoms with E-state index in [0.717, 1.165) is 32.1 Å². The molecule has 0 heterocycles.